The number of hydrogen-bond donors (Lipinski definition) is 2. The molecular weight excluding hydrogens is 482 g/mol. The molecule has 3 heterocycles. The van der Waals surface area contributed by atoms with Gasteiger partial charge in [-0.05, 0) is 48.2 Å². The number of nitrogens with zero attached hydrogens (tertiary/aromatic N) is 4. The highest BCUT2D eigenvalue weighted by Crippen LogP contribution is 2.35. The Labute approximate surface area is 202 Å². The van der Waals surface area contributed by atoms with Gasteiger partial charge < -0.3 is 11.1 Å². The molecule has 5 rings (SSSR count). The van der Waals surface area contributed by atoms with Gasteiger partial charge in [-0.2, -0.15) is 4.98 Å². The van der Waals surface area contributed by atoms with Gasteiger partial charge in [0.15, 0.2) is 5.65 Å². The summed E-state index contributed by atoms with van der Waals surface area (Å²) in [6, 6.07) is 15.7. The summed E-state index contributed by atoms with van der Waals surface area (Å²) in [6.45, 7) is 0.635. The third-order valence-corrected chi connectivity index (χ3v) is 6.62. The number of thiophene rings is 1. The fourth-order valence-electron chi connectivity index (χ4n) is 3.50. The SMILES string of the molecule is Nc1c2c(-c3ccc(F)c(Cl)c3)nc(NCCc3cccs3)nc2nn1-c1ccccc1Cl. The monoisotopic (exact) mass is 498 g/mol. The van der Waals surface area contributed by atoms with Crippen molar-refractivity contribution in [2.24, 2.45) is 0 Å². The van der Waals surface area contributed by atoms with Gasteiger partial charge in [-0.15, -0.1) is 16.4 Å². The van der Waals surface area contributed by atoms with Crippen LogP contribution in [0, 0.1) is 5.82 Å². The van der Waals surface area contributed by atoms with Crippen LogP contribution < -0.4 is 11.1 Å². The molecule has 0 saturated heterocycles. The highest BCUT2D eigenvalue weighted by atomic mass is 35.5. The molecule has 0 fully saturated rings. The van der Waals surface area contributed by atoms with Crippen LogP contribution in [0.5, 0.6) is 0 Å². The van der Waals surface area contributed by atoms with Crippen LogP contribution in [0.1, 0.15) is 4.88 Å². The lowest BCUT2D eigenvalue weighted by atomic mass is 10.1. The average molecular weight is 499 g/mol. The summed E-state index contributed by atoms with van der Waals surface area (Å²) in [7, 11) is 0. The Morgan fingerprint density at radius 1 is 1.03 bits per heavy atom. The molecule has 0 atom stereocenters. The Morgan fingerprint density at radius 2 is 1.88 bits per heavy atom. The minimum absolute atomic E-state index is 0.0106. The van der Waals surface area contributed by atoms with Crippen LogP contribution >= 0.6 is 34.5 Å². The number of hydrogen-bond acceptors (Lipinski definition) is 6. The number of fused-ring (bicyclic) bond motifs is 1. The van der Waals surface area contributed by atoms with Gasteiger partial charge in [-0.3, -0.25) is 0 Å². The van der Waals surface area contributed by atoms with Crippen molar-refractivity contribution in [2.75, 3.05) is 17.6 Å². The summed E-state index contributed by atoms with van der Waals surface area (Å²) < 4.78 is 15.4. The number of rotatable bonds is 6. The van der Waals surface area contributed by atoms with Crippen LogP contribution in [-0.2, 0) is 6.42 Å². The van der Waals surface area contributed by atoms with Crippen molar-refractivity contribution in [2.45, 2.75) is 6.42 Å². The molecular formula is C23H17Cl2FN6S. The van der Waals surface area contributed by atoms with E-state index >= 15 is 0 Å². The van der Waals surface area contributed by atoms with Crippen LogP contribution in [0.25, 0.3) is 28.0 Å². The minimum atomic E-state index is -0.514. The van der Waals surface area contributed by atoms with E-state index in [1.54, 1.807) is 23.5 Å². The predicted octanol–water partition coefficient (Wildman–Crippen LogP) is 6.23. The molecule has 0 saturated carbocycles. The highest BCUT2D eigenvalue weighted by molar-refractivity contribution is 7.09. The molecule has 0 aliphatic carbocycles. The molecule has 10 heteroatoms. The zero-order valence-corrected chi connectivity index (χ0v) is 19.4. The highest BCUT2D eigenvalue weighted by Gasteiger charge is 2.20. The number of benzene rings is 2. The minimum Gasteiger partial charge on any atom is -0.383 e. The van der Waals surface area contributed by atoms with E-state index in [1.165, 1.54) is 21.7 Å². The lowest BCUT2D eigenvalue weighted by Crippen LogP contribution is -2.08. The van der Waals surface area contributed by atoms with Crippen molar-refractivity contribution in [1.82, 2.24) is 19.7 Å². The van der Waals surface area contributed by atoms with E-state index < -0.39 is 5.82 Å². The second-order valence-corrected chi connectivity index (χ2v) is 9.07. The lowest BCUT2D eigenvalue weighted by Gasteiger charge is -2.09. The Hall–Kier alpha value is -3.20. The molecule has 0 radical (unpaired) electrons. The first-order valence-electron chi connectivity index (χ1n) is 10.0. The number of halogens is 3. The zero-order chi connectivity index (χ0) is 22.9. The lowest BCUT2D eigenvalue weighted by molar-refractivity contribution is 0.628. The van der Waals surface area contributed by atoms with Gasteiger partial charge in [-0.25, -0.2) is 14.1 Å². The molecule has 3 N–H and O–H groups in total. The fraction of sp³-hybridized carbons (Fsp3) is 0.0870. The van der Waals surface area contributed by atoms with Crippen LogP contribution in [-0.4, -0.2) is 26.3 Å². The Bertz CT molecular complexity index is 1450. The first kappa shape index (κ1) is 21.6. The summed E-state index contributed by atoms with van der Waals surface area (Å²) in [5.41, 5.74) is 8.59. The predicted molar refractivity (Wildman–Crippen MR) is 133 cm³/mol. The Morgan fingerprint density at radius 3 is 2.64 bits per heavy atom. The molecule has 0 spiro atoms. The normalized spacial score (nSPS) is 11.2. The second-order valence-electron chi connectivity index (χ2n) is 7.23. The van der Waals surface area contributed by atoms with Gasteiger partial charge in [0.2, 0.25) is 5.95 Å². The van der Waals surface area contributed by atoms with Crippen molar-refractivity contribution in [3.8, 4) is 16.9 Å². The Kier molecular flexibility index (Phi) is 5.88. The first-order valence-corrected chi connectivity index (χ1v) is 11.7. The van der Waals surface area contributed by atoms with Crippen molar-refractivity contribution >= 4 is 57.3 Å². The van der Waals surface area contributed by atoms with E-state index in [-0.39, 0.29) is 5.02 Å². The standard InChI is InChI=1S/C23H17Cl2FN6S/c24-15-5-1-2-6-18(15)32-21(27)19-20(13-7-8-17(26)16(25)12-13)29-23(30-22(19)31-32)28-10-9-14-4-3-11-33-14/h1-8,11-12H,9-10,27H2,(H,28,30,31). The summed E-state index contributed by atoms with van der Waals surface area (Å²) in [4.78, 5) is 10.5. The Balaban J connectivity index is 1.63. The number of aromatic nitrogens is 4. The maximum absolute atomic E-state index is 13.8. The fourth-order valence-corrected chi connectivity index (χ4v) is 4.61. The zero-order valence-electron chi connectivity index (χ0n) is 17.1. The number of para-hydroxylation sites is 1. The van der Waals surface area contributed by atoms with Gasteiger partial charge >= 0.3 is 0 Å². The van der Waals surface area contributed by atoms with Crippen LogP contribution in [0.2, 0.25) is 10.0 Å². The van der Waals surface area contributed by atoms with Crippen LogP contribution in [0.4, 0.5) is 16.2 Å². The molecule has 0 aliphatic heterocycles. The molecule has 0 aliphatic rings. The van der Waals surface area contributed by atoms with E-state index in [0.29, 0.717) is 51.3 Å². The number of nitrogens with one attached hydrogen (secondary N) is 1. The van der Waals surface area contributed by atoms with Crippen molar-refractivity contribution in [3.63, 3.8) is 0 Å². The molecule has 6 nitrogen and oxygen atoms in total. The van der Waals surface area contributed by atoms with Crippen molar-refractivity contribution in [3.05, 3.63) is 80.7 Å². The molecule has 5 aromatic rings. The summed E-state index contributed by atoms with van der Waals surface area (Å²) in [5.74, 6) is 0.191. The van der Waals surface area contributed by atoms with Crippen molar-refractivity contribution < 1.29 is 4.39 Å². The molecule has 0 amide bonds. The largest absolute Gasteiger partial charge is 0.383 e. The summed E-state index contributed by atoms with van der Waals surface area (Å²) >= 11 is 14.1. The quantitative estimate of drug-likeness (QED) is 0.290. The first-order chi connectivity index (χ1) is 16.0. The molecule has 33 heavy (non-hydrogen) atoms. The molecule has 3 aromatic heterocycles. The maximum Gasteiger partial charge on any atom is 0.225 e. The van der Waals surface area contributed by atoms with Gasteiger partial charge in [0, 0.05) is 17.0 Å². The molecule has 0 bridgehead atoms. The van der Waals surface area contributed by atoms with E-state index in [0.717, 1.165) is 6.42 Å². The van der Waals surface area contributed by atoms with Crippen molar-refractivity contribution in [1.29, 1.82) is 0 Å². The maximum atomic E-state index is 13.8. The van der Waals surface area contributed by atoms with Gasteiger partial charge in [0.1, 0.15) is 11.6 Å². The summed E-state index contributed by atoms with van der Waals surface area (Å²) in [5, 5.41) is 10.9. The summed E-state index contributed by atoms with van der Waals surface area (Å²) in [6.07, 6.45) is 0.826. The molecule has 2 aromatic carbocycles. The average Bonchev–Trinajstić information content (AvgIpc) is 3.44. The molecule has 166 valence electrons. The third-order valence-electron chi connectivity index (χ3n) is 5.08. The number of nitrogens with two attached hydrogens (primary N) is 1. The van der Waals surface area contributed by atoms with Gasteiger partial charge in [0.25, 0.3) is 0 Å². The second kappa shape index (κ2) is 8.97. The molecule has 0 unspecified atom stereocenters. The number of anilines is 2. The van der Waals surface area contributed by atoms with E-state index in [9.17, 15) is 4.39 Å². The number of nitrogen functional groups attached to an aromatic ring is 1. The van der Waals surface area contributed by atoms with E-state index in [4.69, 9.17) is 28.9 Å². The third kappa shape index (κ3) is 4.25. The van der Waals surface area contributed by atoms with E-state index in [1.807, 2.05) is 29.6 Å². The van der Waals surface area contributed by atoms with Crippen LogP contribution in [0.15, 0.2) is 60.0 Å². The van der Waals surface area contributed by atoms with Crippen LogP contribution in [0.3, 0.4) is 0 Å². The van der Waals surface area contributed by atoms with Gasteiger partial charge in [-0.1, -0.05) is 41.4 Å². The smallest absolute Gasteiger partial charge is 0.225 e. The topological polar surface area (TPSA) is 81.7 Å². The van der Waals surface area contributed by atoms with E-state index in [2.05, 4.69) is 26.4 Å². The van der Waals surface area contributed by atoms with Gasteiger partial charge in [0.05, 0.1) is 26.8 Å².